The highest BCUT2D eigenvalue weighted by Crippen LogP contribution is 2.20. The first-order valence-corrected chi connectivity index (χ1v) is 10.7. The van der Waals surface area contributed by atoms with Crippen LogP contribution in [0.3, 0.4) is 0 Å². The zero-order chi connectivity index (χ0) is 21.0. The molecular formula is C24H19N5OS. The lowest BCUT2D eigenvalue weighted by molar-refractivity contribution is 0.101. The molecule has 0 aliphatic heterocycles. The Morgan fingerprint density at radius 3 is 2.94 bits per heavy atom. The van der Waals surface area contributed by atoms with E-state index in [4.69, 9.17) is 0 Å². The van der Waals surface area contributed by atoms with Crippen LogP contribution in [0.4, 0.5) is 5.13 Å². The SMILES string of the molecule is O=C(Nc1nc(/C=C/c2ccc3[nH]ccc3c2)cs1)c1cccn1Cc1ccncc1. The van der Waals surface area contributed by atoms with Crippen LogP contribution in [0, 0.1) is 0 Å². The average Bonchev–Trinajstić information content (AvgIpc) is 3.53. The normalized spacial score (nSPS) is 11.4. The van der Waals surface area contributed by atoms with Crippen LogP contribution in [0.25, 0.3) is 23.1 Å². The third-order valence-corrected chi connectivity index (χ3v) is 5.71. The van der Waals surface area contributed by atoms with E-state index < -0.39 is 0 Å². The number of fused-ring (bicyclic) bond motifs is 1. The first-order chi connectivity index (χ1) is 15.2. The molecule has 0 saturated heterocycles. The lowest BCUT2D eigenvalue weighted by Crippen LogP contribution is -2.17. The van der Waals surface area contributed by atoms with Gasteiger partial charge in [-0.05, 0) is 65.1 Å². The fourth-order valence-corrected chi connectivity index (χ4v) is 4.05. The Bertz CT molecular complexity index is 1360. The number of anilines is 1. The predicted molar refractivity (Wildman–Crippen MR) is 125 cm³/mol. The van der Waals surface area contributed by atoms with Gasteiger partial charge in [0.2, 0.25) is 0 Å². The molecule has 4 heterocycles. The Morgan fingerprint density at radius 2 is 2.03 bits per heavy atom. The number of aromatic amines is 1. The molecule has 0 unspecified atom stereocenters. The van der Waals surface area contributed by atoms with Crippen LogP contribution in [-0.2, 0) is 6.54 Å². The van der Waals surface area contributed by atoms with E-state index in [0.29, 0.717) is 17.4 Å². The van der Waals surface area contributed by atoms with Gasteiger partial charge in [-0.2, -0.15) is 0 Å². The maximum Gasteiger partial charge on any atom is 0.274 e. The van der Waals surface area contributed by atoms with Crippen molar-refractivity contribution in [2.75, 3.05) is 5.32 Å². The standard InChI is InChI=1S/C24H19N5OS/c30-23(22-2-1-13-29(22)15-18-7-10-25-11-8-18)28-24-27-20(16-31-24)5-3-17-4-6-21-19(14-17)9-12-26-21/h1-14,16,26H,15H2,(H,27,28,30)/b5-3+. The zero-order valence-electron chi connectivity index (χ0n) is 16.5. The number of amides is 1. The van der Waals surface area contributed by atoms with E-state index >= 15 is 0 Å². The second-order valence-electron chi connectivity index (χ2n) is 7.07. The zero-order valence-corrected chi connectivity index (χ0v) is 17.3. The number of carbonyl (C=O) groups is 1. The molecular weight excluding hydrogens is 406 g/mol. The summed E-state index contributed by atoms with van der Waals surface area (Å²) in [5.74, 6) is -0.179. The highest BCUT2D eigenvalue weighted by Gasteiger charge is 2.13. The highest BCUT2D eigenvalue weighted by atomic mass is 32.1. The van der Waals surface area contributed by atoms with Gasteiger partial charge in [-0.15, -0.1) is 11.3 Å². The van der Waals surface area contributed by atoms with Crippen molar-refractivity contribution in [1.29, 1.82) is 0 Å². The Balaban J connectivity index is 1.26. The third kappa shape index (κ3) is 4.31. The van der Waals surface area contributed by atoms with Crippen molar-refractivity contribution in [3.05, 3.63) is 101 Å². The molecule has 0 aliphatic rings. The summed E-state index contributed by atoms with van der Waals surface area (Å²) in [6, 6.07) is 15.8. The minimum Gasteiger partial charge on any atom is -0.361 e. The average molecular weight is 426 g/mol. The first kappa shape index (κ1) is 19.0. The number of nitrogens with zero attached hydrogens (tertiary/aromatic N) is 3. The van der Waals surface area contributed by atoms with Gasteiger partial charge in [-0.3, -0.25) is 15.1 Å². The maximum atomic E-state index is 12.8. The summed E-state index contributed by atoms with van der Waals surface area (Å²) >= 11 is 1.41. The van der Waals surface area contributed by atoms with Crippen LogP contribution in [-0.4, -0.2) is 25.4 Å². The molecule has 1 amide bonds. The number of H-pyrrole nitrogens is 1. The second kappa shape index (κ2) is 8.41. The van der Waals surface area contributed by atoms with E-state index in [0.717, 1.165) is 22.3 Å². The largest absolute Gasteiger partial charge is 0.361 e. The van der Waals surface area contributed by atoms with Gasteiger partial charge in [-0.25, -0.2) is 4.98 Å². The lowest BCUT2D eigenvalue weighted by atomic mass is 10.1. The molecule has 0 spiro atoms. The number of hydrogen-bond acceptors (Lipinski definition) is 4. The molecule has 7 heteroatoms. The molecule has 152 valence electrons. The maximum absolute atomic E-state index is 12.8. The molecule has 31 heavy (non-hydrogen) atoms. The molecule has 4 aromatic heterocycles. The van der Waals surface area contributed by atoms with Crippen molar-refractivity contribution < 1.29 is 4.79 Å². The molecule has 5 aromatic rings. The number of thiazole rings is 1. The molecule has 0 fully saturated rings. The van der Waals surface area contributed by atoms with Gasteiger partial charge in [-0.1, -0.05) is 12.1 Å². The van der Waals surface area contributed by atoms with Gasteiger partial charge in [0.05, 0.1) is 5.69 Å². The number of rotatable bonds is 6. The molecule has 0 radical (unpaired) electrons. The predicted octanol–water partition coefficient (Wildman–Crippen LogP) is 5.29. The fourth-order valence-electron chi connectivity index (χ4n) is 3.38. The van der Waals surface area contributed by atoms with Gasteiger partial charge in [0.1, 0.15) is 5.69 Å². The third-order valence-electron chi connectivity index (χ3n) is 4.93. The van der Waals surface area contributed by atoms with Gasteiger partial charge in [0.15, 0.2) is 5.13 Å². The molecule has 0 aliphatic carbocycles. The number of pyridine rings is 1. The quantitative estimate of drug-likeness (QED) is 0.388. The van der Waals surface area contributed by atoms with Crippen LogP contribution in [0.1, 0.15) is 27.3 Å². The van der Waals surface area contributed by atoms with E-state index in [2.05, 4.69) is 38.5 Å². The van der Waals surface area contributed by atoms with E-state index in [-0.39, 0.29) is 5.91 Å². The minimum atomic E-state index is -0.179. The van der Waals surface area contributed by atoms with Gasteiger partial charge in [0, 0.05) is 42.2 Å². The Kier molecular flexibility index (Phi) is 5.16. The molecule has 5 rings (SSSR count). The summed E-state index contributed by atoms with van der Waals surface area (Å²) in [6.45, 7) is 0.607. The van der Waals surface area contributed by atoms with Crippen molar-refractivity contribution >= 4 is 45.4 Å². The summed E-state index contributed by atoms with van der Waals surface area (Å²) in [7, 11) is 0. The number of hydrogen-bond donors (Lipinski definition) is 2. The Hall–Kier alpha value is -3.97. The first-order valence-electron chi connectivity index (χ1n) is 9.81. The number of nitrogens with one attached hydrogen (secondary N) is 2. The number of carbonyl (C=O) groups excluding carboxylic acids is 1. The van der Waals surface area contributed by atoms with Crippen molar-refractivity contribution in [3.8, 4) is 0 Å². The molecule has 0 saturated carbocycles. The summed E-state index contributed by atoms with van der Waals surface area (Å²) in [5.41, 5.74) is 4.69. The van der Waals surface area contributed by atoms with Crippen molar-refractivity contribution in [2.45, 2.75) is 6.54 Å². The fraction of sp³-hybridized carbons (Fsp3) is 0.0417. The van der Waals surface area contributed by atoms with E-state index in [1.54, 1.807) is 12.4 Å². The van der Waals surface area contributed by atoms with Crippen molar-refractivity contribution in [3.63, 3.8) is 0 Å². The number of benzene rings is 1. The molecule has 0 atom stereocenters. The topological polar surface area (TPSA) is 75.6 Å². The molecule has 0 bridgehead atoms. The monoisotopic (exact) mass is 425 g/mol. The molecule has 2 N–H and O–H groups in total. The number of aromatic nitrogens is 4. The summed E-state index contributed by atoms with van der Waals surface area (Å²) in [6.07, 6.45) is 11.3. The van der Waals surface area contributed by atoms with Gasteiger partial charge < -0.3 is 9.55 Å². The van der Waals surface area contributed by atoms with Gasteiger partial charge >= 0.3 is 0 Å². The van der Waals surface area contributed by atoms with Gasteiger partial charge in [0.25, 0.3) is 5.91 Å². The van der Waals surface area contributed by atoms with Crippen LogP contribution >= 0.6 is 11.3 Å². The highest BCUT2D eigenvalue weighted by molar-refractivity contribution is 7.14. The lowest BCUT2D eigenvalue weighted by Gasteiger charge is -2.08. The van der Waals surface area contributed by atoms with Crippen molar-refractivity contribution in [2.24, 2.45) is 0 Å². The van der Waals surface area contributed by atoms with Crippen LogP contribution in [0.5, 0.6) is 0 Å². The second-order valence-corrected chi connectivity index (χ2v) is 7.92. The smallest absolute Gasteiger partial charge is 0.274 e. The van der Waals surface area contributed by atoms with Crippen LogP contribution < -0.4 is 5.32 Å². The van der Waals surface area contributed by atoms with Crippen LogP contribution in [0.15, 0.2) is 78.7 Å². The van der Waals surface area contributed by atoms with E-state index in [1.165, 1.54) is 16.7 Å². The van der Waals surface area contributed by atoms with E-state index in [1.807, 2.05) is 64.8 Å². The minimum absolute atomic E-state index is 0.179. The Morgan fingerprint density at radius 1 is 1.13 bits per heavy atom. The molecule has 6 nitrogen and oxygen atoms in total. The van der Waals surface area contributed by atoms with Crippen molar-refractivity contribution in [1.82, 2.24) is 19.5 Å². The summed E-state index contributed by atoms with van der Waals surface area (Å²) in [4.78, 5) is 24.5. The Labute approximate surface area is 182 Å². The molecule has 1 aromatic carbocycles. The van der Waals surface area contributed by atoms with E-state index in [9.17, 15) is 4.79 Å². The van der Waals surface area contributed by atoms with Crippen LogP contribution in [0.2, 0.25) is 0 Å². The summed E-state index contributed by atoms with van der Waals surface area (Å²) < 4.78 is 1.91. The summed E-state index contributed by atoms with van der Waals surface area (Å²) in [5, 5.41) is 6.58.